The van der Waals surface area contributed by atoms with E-state index >= 15 is 0 Å². The first kappa shape index (κ1) is 10.5. The molecule has 1 aromatic rings. The Hall–Kier alpha value is -1.62. The fraction of sp³-hybridized carbons (Fsp3) is 0.333. The van der Waals surface area contributed by atoms with Gasteiger partial charge in [0, 0.05) is 25.2 Å². The third-order valence-electron chi connectivity index (χ3n) is 1.86. The van der Waals surface area contributed by atoms with Gasteiger partial charge in [-0.25, -0.2) is 0 Å². The van der Waals surface area contributed by atoms with Crippen molar-refractivity contribution >= 4 is 5.69 Å². The first-order valence-corrected chi connectivity index (χ1v) is 4.71. The van der Waals surface area contributed by atoms with Gasteiger partial charge < -0.3 is 10.1 Å². The molecule has 0 unspecified atom stereocenters. The summed E-state index contributed by atoms with van der Waals surface area (Å²) in [5.74, 6) is 3.47. The van der Waals surface area contributed by atoms with Crippen molar-refractivity contribution in [3.8, 4) is 18.1 Å². The average Bonchev–Trinajstić information content (AvgIpc) is 2.25. The van der Waals surface area contributed by atoms with Crippen LogP contribution < -0.4 is 10.1 Å². The number of hydrogen-bond donors (Lipinski definition) is 1. The lowest BCUT2D eigenvalue weighted by atomic mass is 10.3. The number of benzene rings is 1. The van der Waals surface area contributed by atoms with Crippen molar-refractivity contribution in [1.82, 2.24) is 0 Å². The number of ether oxygens (including phenoxy) is 1. The summed E-state index contributed by atoms with van der Waals surface area (Å²) in [6.45, 7) is 0.678. The number of hydrogen-bond acceptors (Lipinski definition) is 2. The zero-order chi connectivity index (χ0) is 10.2. The molecule has 0 amide bonds. The first-order chi connectivity index (χ1) is 6.86. The molecule has 0 atom stereocenters. The molecule has 1 rings (SSSR count). The largest absolute Gasteiger partial charge is 0.493 e. The van der Waals surface area contributed by atoms with Crippen LogP contribution in [0.1, 0.15) is 12.8 Å². The minimum atomic E-state index is 0.678. The molecule has 0 aliphatic carbocycles. The number of terminal acetylenes is 1. The number of nitrogens with one attached hydrogen (secondary N) is 1. The molecule has 2 heteroatoms. The third kappa shape index (κ3) is 3.40. The van der Waals surface area contributed by atoms with E-state index in [4.69, 9.17) is 11.2 Å². The summed E-state index contributed by atoms with van der Waals surface area (Å²) in [7, 11) is 1.89. The lowest BCUT2D eigenvalue weighted by Gasteiger charge is -2.06. The van der Waals surface area contributed by atoms with Crippen LogP contribution in [0.25, 0.3) is 0 Å². The quantitative estimate of drug-likeness (QED) is 0.567. The molecule has 2 nitrogen and oxygen atoms in total. The normalized spacial score (nSPS) is 9.14. The Morgan fingerprint density at radius 2 is 2.36 bits per heavy atom. The minimum Gasteiger partial charge on any atom is -0.493 e. The maximum Gasteiger partial charge on any atom is 0.121 e. The van der Waals surface area contributed by atoms with Crippen molar-refractivity contribution in [2.75, 3.05) is 19.0 Å². The highest BCUT2D eigenvalue weighted by Crippen LogP contribution is 2.16. The summed E-state index contributed by atoms with van der Waals surface area (Å²) < 4.78 is 5.52. The smallest absolute Gasteiger partial charge is 0.121 e. The number of unbranched alkanes of at least 4 members (excludes halogenated alkanes) is 1. The highest BCUT2D eigenvalue weighted by molar-refractivity contribution is 5.47. The van der Waals surface area contributed by atoms with E-state index in [9.17, 15) is 0 Å². The zero-order valence-electron chi connectivity index (χ0n) is 8.42. The van der Waals surface area contributed by atoms with E-state index in [0.29, 0.717) is 6.61 Å². The summed E-state index contributed by atoms with van der Waals surface area (Å²) >= 11 is 0. The molecule has 14 heavy (non-hydrogen) atoms. The average molecular weight is 189 g/mol. The Balaban J connectivity index is 2.39. The second-order valence-electron chi connectivity index (χ2n) is 2.93. The van der Waals surface area contributed by atoms with Gasteiger partial charge in [-0.1, -0.05) is 6.07 Å². The van der Waals surface area contributed by atoms with Crippen LogP contribution in [0.4, 0.5) is 5.69 Å². The summed E-state index contributed by atoms with van der Waals surface area (Å²) in [5.41, 5.74) is 1.06. The molecule has 0 aromatic heterocycles. The van der Waals surface area contributed by atoms with Crippen molar-refractivity contribution in [3.63, 3.8) is 0 Å². The van der Waals surface area contributed by atoms with Crippen LogP contribution >= 0.6 is 0 Å². The Labute approximate surface area is 85.3 Å². The van der Waals surface area contributed by atoms with E-state index in [0.717, 1.165) is 24.3 Å². The minimum absolute atomic E-state index is 0.678. The van der Waals surface area contributed by atoms with Gasteiger partial charge >= 0.3 is 0 Å². The second kappa shape index (κ2) is 5.93. The maximum atomic E-state index is 5.52. The van der Waals surface area contributed by atoms with Gasteiger partial charge in [-0.3, -0.25) is 0 Å². The number of rotatable bonds is 5. The highest BCUT2D eigenvalue weighted by Gasteiger charge is 1.94. The van der Waals surface area contributed by atoms with Crippen LogP contribution in [-0.4, -0.2) is 13.7 Å². The molecule has 0 saturated heterocycles. The van der Waals surface area contributed by atoms with Crippen molar-refractivity contribution in [2.24, 2.45) is 0 Å². The molecule has 74 valence electrons. The molecular formula is C12H15NO. The monoisotopic (exact) mass is 189 g/mol. The van der Waals surface area contributed by atoms with Crippen molar-refractivity contribution in [3.05, 3.63) is 24.3 Å². The van der Waals surface area contributed by atoms with Gasteiger partial charge in [0.15, 0.2) is 0 Å². The molecule has 0 saturated carbocycles. The van der Waals surface area contributed by atoms with E-state index in [1.165, 1.54) is 0 Å². The van der Waals surface area contributed by atoms with Crippen LogP contribution in [0.3, 0.4) is 0 Å². The number of anilines is 1. The molecule has 0 radical (unpaired) electrons. The van der Waals surface area contributed by atoms with E-state index in [2.05, 4.69) is 11.2 Å². The molecule has 1 N–H and O–H groups in total. The van der Waals surface area contributed by atoms with Crippen LogP contribution in [-0.2, 0) is 0 Å². The van der Waals surface area contributed by atoms with Crippen molar-refractivity contribution in [2.45, 2.75) is 12.8 Å². The third-order valence-corrected chi connectivity index (χ3v) is 1.86. The second-order valence-corrected chi connectivity index (χ2v) is 2.93. The van der Waals surface area contributed by atoms with Crippen LogP contribution in [0.2, 0.25) is 0 Å². The Morgan fingerprint density at radius 3 is 3.07 bits per heavy atom. The summed E-state index contributed by atoms with van der Waals surface area (Å²) in [6.07, 6.45) is 6.81. The maximum absolute atomic E-state index is 5.52. The van der Waals surface area contributed by atoms with E-state index < -0.39 is 0 Å². The van der Waals surface area contributed by atoms with Gasteiger partial charge in [-0.2, -0.15) is 0 Å². The van der Waals surface area contributed by atoms with Gasteiger partial charge in [0.2, 0.25) is 0 Å². The predicted molar refractivity (Wildman–Crippen MR) is 59.6 cm³/mol. The molecule has 0 bridgehead atoms. The van der Waals surface area contributed by atoms with Gasteiger partial charge in [0.25, 0.3) is 0 Å². The summed E-state index contributed by atoms with van der Waals surface area (Å²) in [6, 6.07) is 7.86. The van der Waals surface area contributed by atoms with E-state index in [-0.39, 0.29) is 0 Å². The van der Waals surface area contributed by atoms with Crippen molar-refractivity contribution < 1.29 is 4.74 Å². The Kier molecular flexibility index (Phi) is 4.43. The van der Waals surface area contributed by atoms with Crippen molar-refractivity contribution in [1.29, 1.82) is 0 Å². The first-order valence-electron chi connectivity index (χ1n) is 4.71. The predicted octanol–water partition coefficient (Wildman–Crippen LogP) is 2.52. The zero-order valence-corrected chi connectivity index (χ0v) is 8.42. The molecule has 0 aliphatic rings. The standard InChI is InChI=1S/C12H15NO/c1-3-4-5-9-14-12-8-6-7-11(10-12)13-2/h1,6-8,10,13H,4-5,9H2,2H3. The Morgan fingerprint density at radius 1 is 1.50 bits per heavy atom. The topological polar surface area (TPSA) is 21.3 Å². The molecule has 0 fully saturated rings. The Bertz CT molecular complexity index is 314. The molecule has 0 spiro atoms. The SMILES string of the molecule is C#CCCCOc1cccc(NC)c1. The van der Waals surface area contributed by atoms with E-state index in [1.54, 1.807) is 0 Å². The fourth-order valence-corrected chi connectivity index (χ4v) is 1.11. The van der Waals surface area contributed by atoms with Crippen LogP contribution in [0, 0.1) is 12.3 Å². The highest BCUT2D eigenvalue weighted by atomic mass is 16.5. The van der Waals surface area contributed by atoms with Gasteiger partial charge in [-0.05, 0) is 18.6 Å². The van der Waals surface area contributed by atoms with Gasteiger partial charge in [0.1, 0.15) is 5.75 Å². The van der Waals surface area contributed by atoms with Gasteiger partial charge in [0.05, 0.1) is 6.61 Å². The van der Waals surface area contributed by atoms with Crippen LogP contribution in [0.15, 0.2) is 24.3 Å². The van der Waals surface area contributed by atoms with Crippen LogP contribution in [0.5, 0.6) is 5.75 Å². The lowest BCUT2D eigenvalue weighted by Crippen LogP contribution is -1.97. The molecule has 0 aliphatic heterocycles. The molecular weight excluding hydrogens is 174 g/mol. The summed E-state index contributed by atoms with van der Waals surface area (Å²) in [4.78, 5) is 0. The molecule has 1 aromatic carbocycles. The molecule has 0 heterocycles. The van der Waals surface area contributed by atoms with Gasteiger partial charge in [-0.15, -0.1) is 12.3 Å². The fourth-order valence-electron chi connectivity index (χ4n) is 1.11. The van der Waals surface area contributed by atoms with E-state index in [1.807, 2.05) is 31.3 Å². The lowest BCUT2D eigenvalue weighted by molar-refractivity contribution is 0.313. The summed E-state index contributed by atoms with van der Waals surface area (Å²) in [5, 5.41) is 3.06.